The van der Waals surface area contributed by atoms with Crippen molar-refractivity contribution in [2.75, 3.05) is 0 Å². The lowest BCUT2D eigenvalue weighted by molar-refractivity contribution is 0.549. The maximum absolute atomic E-state index is 5.98. The van der Waals surface area contributed by atoms with Crippen LogP contribution in [0.15, 0.2) is 12.1 Å². The summed E-state index contributed by atoms with van der Waals surface area (Å²) < 4.78 is 8.15. The molecule has 0 aliphatic heterocycles. The van der Waals surface area contributed by atoms with Crippen LogP contribution in [0.1, 0.15) is 0 Å². The molecular formula is C9H11ClI2OSi. The maximum Gasteiger partial charge on any atom is 0.242 e. The molecule has 0 amide bonds. The van der Waals surface area contributed by atoms with Gasteiger partial charge in [0.15, 0.2) is 0 Å². The summed E-state index contributed by atoms with van der Waals surface area (Å²) in [6.07, 6.45) is 0. The highest BCUT2D eigenvalue weighted by Gasteiger charge is 2.19. The van der Waals surface area contributed by atoms with E-state index < -0.39 is 8.32 Å². The van der Waals surface area contributed by atoms with Gasteiger partial charge in [-0.25, -0.2) is 0 Å². The molecule has 0 heterocycles. The molecular weight excluding hydrogens is 441 g/mol. The normalized spacial score (nSPS) is 11.6. The van der Waals surface area contributed by atoms with Crippen LogP contribution in [-0.4, -0.2) is 8.32 Å². The van der Waals surface area contributed by atoms with Gasteiger partial charge in [0.05, 0.1) is 7.14 Å². The maximum atomic E-state index is 5.98. The molecule has 78 valence electrons. The second-order valence-corrected chi connectivity index (χ2v) is 11.1. The van der Waals surface area contributed by atoms with Gasteiger partial charge in [0.2, 0.25) is 8.32 Å². The third-order valence-electron chi connectivity index (χ3n) is 1.37. The molecule has 0 fully saturated rings. The molecule has 1 nitrogen and oxygen atoms in total. The summed E-state index contributed by atoms with van der Waals surface area (Å²) in [6, 6.07) is 3.86. The van der Waals surface area contributed by atoms with E-state index in [4.69, 9.17) is 16.0 Å². The van der Waals surface area contributed by atoms with Crippen LogP contribution in [0.3, 0.4) is 0 Å². The van der Waals surface area contributed by atoms with E-state index in [0.717, 1.165) is 17.9 Å². The van der Waals surface area contributed by atoms with E-state index in [1.807, 2.05) is 12.1 Å². The predicted molar refractivity (Wildman–Crippen MR) is 80.9 cm³/mol. The average Bonchev–Trinajstić information content (AvgIpc) is 1.95. The van der Waals surface area contributed by atoms with Gasteiger partial charge < -0.3 is 4.43 Å². The molecule has 0 aromatic heterocycles. The second-order valence-electron chi connectivity index (χ2n) is 3.91. The highest BCUT2D eigenvalue weighted by Crippen LogP contribution is 2.32. The Hall–Kier alpha value is 0.987. The summed E-state index contributed by atoms with van der Waals surface area (Å²) in [5.41, 5.74) is 0. The zero-order valence-electron chi connectivity index (χ0n) is 8.20. The van der Waals surface area contributed by atoms with Gasteiger partial charge >= 0.3 is 0 Å². The van der Waals surface area contributed by atoms with Crippen LogP contribution in [0.2, 0.25) is 24.7 Å². The zero-order chi connectivity index (χ0) is 10.9. The highest BCUT2D eigenvalue weighted by molar-refractivity contribution is 14.1. The fraction of sp³-hybridized carbons (Fsp3) is 0.333. The van der Waals surface area contributed by atoms with Crippen molar-refractivity contribution >= 4 is 65.1 Å². The van der Waals surface area contributed by atoms with Crippen LogP contribution >= 0.6 is 56.8 Å². The molecule has 1 rings (SSSR count). The Morgan fingerprint density at radius 3 is 1.93 bits per heavy atom. The quantitative estimate of drug-likeness (QED) is 0.464. The van der Waals surface area contributed by atoms with Crippen LogP contribution in [0, 0.1) is 7.14 Å². The van der Waals surface area contributed by atoms with E-state index in [1.54, 1.807) is 0 Å². The Morgan fingerprint density at radius 2 is 1.57 bits per heavy atom. The summed E-state index contributed by atoms with van der Waals surface area (Å²) in [5.74, 6) is 0.981. The Bertz CT molecular complexity index is 326. The SMILES string of the molecule is C[Si](C)(C)Oc1c(I)cc(Cl)cc1I. The highest BCUT2D eigenvalue weighted by atomic mass is 127. The first kappa shape index (κ1) is 13.1. The van der Waals surface area contributed by atoms with Crippen molar-refractivity contribution in [1.29, 1.82) is 0 Å². The minimum atomic E-state index is -1.53. The minimum Gasteiger partial charge on any atom is -0.543 e. The first-order chi connectivity index (χ1) is 6.29. The summed E-state index contributed by atoms with van der Waals surface area (Å²) in [4.78, 5) is 0. The van der Waals surface area contributed by atoms with E-state index in [9.17, 15) is 0 Å². The van der Waals surface area contributed by atoms with Crippen molar-refractivity contribution in [1.82, 2.24) is 0 Å². The van der Waals surface area contributed by atoms with Crippen molar-refractivity contribution in [2.24, 2.45) is 0 Å². The van der Waals surface area contributed by atoms with E-state index in [2.05, 4.69) is 64.8 Å². The molecule has 0 aliphatic carbocycles. The Kier molecular flexibility index (Phi) is 4.55. The third kappa shape index (κ3) is 3.86. The molecule has 0 saturated carbocycles. The van der Waals surface area contributed by atoms with Gasteiger partial charge in [-0.2, -0.15) is 0 Å². The molecule has 0 aliphatic rings. The first-order valence-corrected chi connectivity index (χ1v) is 10.1. The van der Waals surface area contributed by atoms with Crippen LogP contribution in [-0.2, 0) is 0 Å². The minimum absolute atomic E-state index is 0.765. The number of hydrogen-bond donors (Lipinski definition) is 0. The van der Waals surface area contributed by atoms with Crippen LogP contribution in [0.25, 0.3) is 0 Å². The van der Waals surface area contributed by atoms with Gasteiger partial charge in [-0.1, -0.05) is 11.6 Å². The topological polar surface area (TPSA) is 9.23 Å². The molecule has 0 N–H and O–H groups in total. The summed E-state index contributed by atoms with van der Waals surface area (Å²) >= 11 is 10.5. The van der Waals surface area contributed by atoms with Crippen LogP contribution < -0.4 is 4.43 Å². The Balaban J connectivity index is 3.09. The summed E-state index contributed by atoms with van der Waals surface area (Å²) in [6.45, 7) is 6.52. The molecule has 14 heavy (non-hydrogen) atoms. The monoisotopic (exact) mass is 452 g/mol. The van der Waals surface area contributed by atoms with Crippen LogP contribution in [0.4, 0.5) is 0 Å². The Morgan fingerprint density at radius 1 is 1.14 bits per heavy atom. The standard InChI is InChI=1S/C9H11ClI2OSi/c1-14(2,3)13-9-7(11)4-6(10)5-8(9)12/h4-5H,1-3H3. The van der Waals surface area contributed by atoms with E-state index in [0.29, 0.717) is 0 Å². The molecule has 0 bridgehead atoms. The van der Waals surface area contributed by atoms with Crippen molar-refractivity contribution < 1.29 is 4.43 Å². The zero-order valence-corrected chi connectivity index (χ0v) is 14.3. The van der Waals surface area contributed by atoms with Gasteiger partial charge in [0.25, 0.3) is 0 Å². The van der Waals surface area contributed by atoms with Gasteiger partial charge in [-0.05, 0) is 77.0 Å². The largest absolute Gasteiger partial charge is 0.543 e. The van der Waals surface area contributed by atoms with E-state index in [1.165, 1.54) is 0 Å². The smallest absolute Gasteiger partial charge is 0.242 e. The van der Waals surface area contributed by atoms with Gasteiger partial charge in [-0.15, -0.1) is 0 Å². The first-order valence-electron chi connectivity index (χ1n) is 4.13. The summed E-state index contributed by atoms with van der Waals surface area (Å²) in [7, 11) is -1.53. The number of hydrogen-bond acceptors (Lipinski definition) is 1. The predicted octanol–water partition coefficient (Wildman–Crippen LogP) is 4.76. The average molecular weight is 453 g/mol. The molecule has 1 aromatic carbocycles. The molecule has 0 saturated heterocycles. The van der Waals surface area contributed by atoms with E-state index >= 15 is 0 Å². The molecule has 1 aromatic rings. The fourth-order valence-corrected chi connectivity index (χ4v) is 4.76. The number of rotatable bonds is 2. The lowest BCUT2D eigenvalue weighted by atomic mass is 10.3. The van der Waals surface area contributed by atoms with E-state index in [-0.39, 0.29) is 0 Å². The summed E-state index contributed by atoms with van der Waals surface area (Å²) in [5, 5.41) is 0.765. The lowest BCUT2D eigenvalue weighted by Gasteiger charge is -2.21. The van der Waals surface area contributed by atoms with Gasteiger partial charge in [0.1, 0.15) is 5.75 Å². The molecule has 0 spiro atoms. The second kappa shape index (κ2) is 4.88. The molecule has 0 radical (unpaired) electrons. The number of benzene rings is 1. The van der Waals surface area contributed by atoms with Crippen molar-refractivity contribution in [3.63, 3.8) is 0 Å². The third-order valence-corrected chi connectivity index (χ3v) is 4.01. The van der Waals surface area contributed by atoms with Crippen molar-refractivity contribution in [2.45, 2.75) is 19.6 Å². The van der Waals surface area contributed by atoms with Crippen LogP contribution in [0.5, 0.6) is 5.75 Å². The Labute approximate surface area is 118 Å². The van der Waals surface area contributed by atoms with Gasteiger partial charge in [0, 0.05) is 5.02 Å². The van der Waals surface area contributed by atoms with Crippen molar-refractivity contribution in [3.05, 3.63) is 24.3 Å². The molecule has 0 atom stereocenters. The van der Waals surface area contributed by atoms with Crippen molar-refractivity contribution in [3.8, 4) is 5.75 Å². The van der Waals surface area contributed by atoms with Gasteiger partial charge in [-0.3, -0.25) is 0 Å². The lowest BCUT2D eigenvalue weighted by Crippen LogP contribution is -2.30. The fourth-order valence-electron chi connectivity index (χ4n) is 0.933. The molecule has 0 unspecified atom stereocenters. The molecule has 5 heteroatoms. The number of halogens is 3.